The molecule has 2 unspecified atom stereocenters. The lowest BCUT2D eigenvalue weighted by Gasteiger charge is -2.29. The summed E-state index contributed by atoms with van der Waals surface area (Å²) >= 11 is 11.9. The molecule has 0 spiro atoms. The van der Waals surface area contributed by atoms with Gasteiger partial charge in [0.05, 0.1) is 5.92 Å². The summed E-state index contributed by atoms with van der Waals surface area (Å²) in [7, 11) is 1.72. The zero-order chi connectivity index (χ0) is 16.3. The van der Waals surface area contributed by atoms with E-state index in [-0.39, 0.29) is 11.8 Å². The van der Waals surface area contributed by atoms with Gasteiger partial charge in [-0.25, -0.2) is 0 Å². The Balaban J connectivity index is 2.00. The Hall–Kier alpha value is -1.26. The van der Waals surface area contributed by atoms with Gasteiger partial charge in [0.25, 0.3) is 0 Å². The lowest BCUT2D eigenvalue weighted by molar-refractivity contribution is -0.145. The number of carbonyl (C=O) groups is 2. The van der Waals surface area contributed by atoms with Crippen LogP contribution in [0.5, 0.6) is 0 Å². The number of hydrogen-bond acceptors (Lipinski definition) is 2. The molecule has 0 heterocycles. The van der Waals surface area contributed by atoms with E-state index < -0.39 is 11.9 Å². The van der Waals surface area contributed by atoms with Crippen LogP contribution in [0, 0.1) is 11.8 Å². The summed E-state index contributed by atoms with van der Waals surface area (Å²) in [6, 6.07) is 5.20. The standard InChI is InChI=1S/C16H19Cl2NO3/c1-19(9-10-5-13(17)8-14(18)6-10)15(20)11-3-2-4-12(7-11)16(21)22/h5-6,8,11-12H,2-4,7,9H2,1H3,(H,21,22). The Morgan fingerprint density at radius 1 is 1.18 bits per heavy atom. The predicted molar refractivity (Wildman–Crippen MR) is 86.0 cm³/mol. The monoisotopic (exact) mass is 343 g/mol. The molecule has 1 aromatic rings. The van der Waals surface area contributed by atoms with Gasteiger partial charge in [-0.15, -0.1) is 0 Å². The zero-order valence-electron chi connectivity index (χ0n) is 12.4. The van der Waals surface area contributed by atoms with Crippen molar-refractivity contribution in [1.29, 1.82) is 0 Å². The van der Waals surface area contributed by atoms with E-state index in [0.29, 0.717) is 29.4 Å². The Labute approximate surface area is 140 Å². The average Bonchev–Trinajstić information content (AvgIpc) is 2.45. The number of rotatable bonds is 4. The Morgan fingerprint density at radius 2 is 1.77 bits per heavy atom. The van der Waals surface area contributed by atoms with E-state index >= 15 is 0 Å². The van der Waals surface area contributed by atoms with Crippen molar-refractivity contribution in [3.8, 4) is 0 Å². The fraction of sp³-hybridized carbons (Fsp3) is 0.500. The fourth-order valence-corrected chi connectivity index (χ4v) is 3.58. The molecule has 1 amide bonds. The average molecular weight is 344 g/mol. The molecule has 1 saturated carbocycles. The Kier molecular flexibility index (Phi) is 5.70. The molecule has 2 rings (SSSR count). The van der Waals surface area contributed by atoms with Gasteiger partial charge in [-0.3, -0.25) is 9.59 Å². The minimum Gasteiger partial charge on any atom is -0.481 e. The summed E-state index contributed by atoms with van der Waals surface area (Å²) in [5.41, 5.74) is 0.860. The highest BCUT2D eigenvalue weighted by Crippen LogP contribution is 2.31. The van der Waals surface area contributed by atoms with Gasteiger partial charge in [0, 0.05) is 29.6 Å². The third-order valence-electron chi connectivity index (χ3n) is 4.09. The first-order valence-electron chi connectivity index (χ1n) is 7.29. The number of benzene rings is 1. The van der Waals surface area contributed by atoms with Crippen LogP contribution in [0.4, 0.5) is 0 Å². The first-order valence-corrected chi connectivity index (χ1v) is 8.05. The van der Waals surface area contributed by atoms with E-state index in [1.807, 2.05) is 0 Å². The number of carboxylic acids is 1. The van der Waals surface area contributed by atoms with Crippen LogP contribution >= 0.6 is 23.2 Å². The van der Waals surface area contributed by atoms with E-state index in [4.69, 9.17) is 28.3 Å². The molecule has 22 heavy (non-hydrogen) atoms. The van der Waals surface area contributed by atoms with Crippen molar-refractivity contribution in [3.63, 3.8) is 0 Å². The van der Waals surface area contributed by atoms with E-state index in [0.717, 1.165) is 18.4 Å². The lowest BCUT2D eigenvalue weighted by Crippen LogP contribution is -2.36. The third-order valence-corrected chi connectivity index (χ3v) is 4.53. The van der Waals surface area contributed by atoms with Crippen molar-refractivity contribution in [3.05, 3.63) is 33.8 Å². The molecule has 1 aliphatic carbocycles. The summed E-state index contributed by atoms with van der Waals surface area (Å²) in [6.07, 6.45) is 2.62. The van der Waals surface area contributed by atoms with Gasteiger partial charge in [-0.05, 0) is 43.0 Å². The minimum absolute atomic E-state index is 0.0120. The first kappa shape index (κ1) is 17.1. The zero-order valence-corrected chi connectivity index (χ0v) is 13.9. The predicted octanol–water partition coefficient (Wildman–Crippen LogP) is 3.84. The van der Waals surface area contributed by atoms with Crippen LogP contribution in [0.1, 0.15) is 31.2 Å². The molecule has 0 radical (unpaired) electrons. The van der Waals surface area contributed by atoms with Gasteiger partial charge >= 0.3 is 5.97 Å². The molecule has 0 aliphatic heterocycles. The molecule has 1 fully saturated rings. The highest BCUT2D eigenvalue weighted by molar-refractivity contribution is 6.34. The Bertz CT molecular complexity index is 556. The molecule has 0 saturated heterocycles. The number of nitrogens with zero attached hydrogens (tertiary/aromatic N) is 1. The minimum atomic E-state index is -0.804. The van der Waals surface area contributed by atoms with Crippen molar-refractivity contribution in [2.75, 3.05) is 7.05 Å². The second-order valence-electron chi connectivity index (χ2n) is 5.87. The number of hydrogen-bond donors (Lipinski definition) is 1. The third kappa shape index (κ3) is 4.37. The first-order chi connectivity index (χ1) is 10.4. The number of halogens is 2. The van der Waals surface area contributed by atoms with E-state index in [9.17, 15) is 9.59 Å². The molecular weight excluding hydrogens is 325 g/mol. The van der Waals surface area contributed by atoms with Gasteiger partial charge in [0.1, 0.15) is 0 Å². The lowest BCUT2D eigenvalue weighted by atomic mass is 9.81. The molecule has 1 aromatic carbocycles. The molecule has 2 atom stereocenters. The molecule has 0 bridgehead atoms. The normalized spacial score (nSPS) is 21.4. The van der Waals surface area contributed by atoms with E-state index in [2.05, 4.69) is 0 Å². The van der Waals surface area contributed by atoms with Crippen LogP contribution in [0.3, 0.4) is 0 Å². The molecule has 0 aromatic heterocycles. The maximum atomic E-state index is 12.5. The summed E-state index contributed by atoms with van der Waals surface area (Å²) in [5, 5.41) is 10.2. The number of carbonyl (C=O) groups excluding carboxylic acids is 1. The van der Waals surface area contributed by atoms with Crippen molar-refractivity contribution in [1.82, 2.24) is 4.90 Å². The highest BCUT2D eigenvalue weighted by atomic mass is 35.5. The largest absolute Gasteiger partial charge is 0.481 e. The molecular formula is C16H19Cl2NO3. The van der Waals surface area contributed by atoms with Gasteiger partial charge in [-0.2, -0.15) is 0 Å². The van der Waals surface area contributed by atoms with Crippen LogP contribution in [0.2, 0.25) is 10.0 Å². The van der Waals surface area contributed by atoms with Gasteiger partial charge in [0.2, 0.25) is 5.91 Å². The van der Waals surface area contributed by atoms with Crippen LogP contribution < -0.4 is 0 Å². The van der Waals surface area contributed by atoms with Crippen molar-refractivity contribution in [2.45, 2.75) is 32.2 Å². The van der Waals surface area contributed by atoms with Crippen molar-refractivity contribution < 1.29 is 14.7 Å². The van der Waals surface area contributed by atoms with Crippen molar-refractivity contribution >= 4 is 35.1 Å². The molecule has 1 aliphatic rings. The summed E-state index contributed by atoms with van der Waals surface area (Å²) in [6.45, 7) is 0.410. The van der Waals surface area contributed by atoms with E-state index in [1.54, 1.807) is 30.1 Å². The van der Waals surface area contributed by atoms with Crippen molar-refractivity contribution in [2.24, 2.45) is 11.8 Å². The molecule has 4 nitrogen and oxygen atoms in total. The van der Waals surface area contributed by atoms with Gasteiger partial charge in [-0.1, -0.05) is 29.6 Å². The van der Waals surface area contributed by atoms with Gasteiger partial charge < -0.3 is 10.0 Å². The number of amides is 1. The molecule has 120 valence electrons. The van der Waals surface area contributed by atoms with Crippen LogP contribution in [0.25, 0.3) is 0 Å². The number of carboxylic acid groups (broad SMARTS) is 1. The van der Waals surface area contributed by atoms with E-state index in [1.165, 1.54) is 0 Å². The SMILES string of the molecule is CN(Cc1cc(Cl)cc(Cl)c1)C(=O)C1CCCC(C(=O)O)C1. The highest BCUT2D eigenvalue weighted by Gasteiger charge is 2.32. The Morgan fingerprint density at radius 3 is 2.36 bits per heavy atom. The molecule has 1 N–H and O–H groups in total. The van der Waals surface area contributed by atoms with Gasteiger partial charge in [0.15, 0.2) is 0 Å². The summed E-state index contributed by atoms with van der Waals surface area (Å²) in [4.78, 5) is 25.2. The maximum Gasteiger partial charge on any atom is 0.306 e. The maximum absolute atomic E-state index is 12.5. The van der Waals surface area contributed by atoms with Crippen LogP contribution in [-0.4, -0.2) is 28.9 Å². The quantitative estimate of drug-likeness (QED) is 0.903. The molecule has 6 heteroatoms. The van der Waals surface area contributed by atoms with Crippen LogP contribution in [-0.2, 0) is 16.1 Å². The fourth-order valence-electron chi connectivity index (χ4n) is 3.00. The van der Waals surface area contributed by atoms with Crippen LogP contribution in [0.15, 0.2) is 18.2 Å². The topological polar surface area (TPSA) is 57.6 Å². The smallest absolute Gasteiger partial charge is 0.306 e. The second-order valence-corrected chi connectivity index (χ2v) is 6.74. The summed E-state index contributed by atoms with van der Waals surface area (Å²) < 4.78 is 0. The number of aliphatic carboxylic acids is 1. The second kappa shape index (κ2) is 7.34. The summed E-state index contributed by atoms with van der Waals surface area (Å²) in [5.74, 6) is -1.44.